The summed E-state index contributed by atoms with van der Waals surface area (Å²) in [4.78, 5) is 10.6. The maximum absolute atomic E-state index is 10.9. The summed E-state index contributed by atoms with van der Waals surface area (Å²) in [5.74, 6) is 0. The highest BCUT2D eigenvalue weighted by Gasteiger charge is 2.18. The van der Waals surface area contributed by atoms with Gasteiger partial charge in [0.05, 0.1) is 10.3 Å². The van der Waals surface area contributed by atoms with Crippen molar-refractivity contribution in [3.05, 3.63) is 38.8 Å². The fraction of sp³-hybridized carbons (Fsp3) is 0.200. The van der Waals surface area contributed by atoms with Gasteiger partial charge in [0.15, 0.2) is 0 Å². The Morgan fingerprint density at radius 3 is 2.64 bits per heavy atom. The van der Waals surface area contributed by atoms with Crippen molar-refractivity contribution < 1.29 is 4.92 Å². The standard InChI is InChI=1S/C10H9NO2S/c1-6-3-4-8-9(7(2)5-14-8)10(6)11(12)13/h3-5H,1-2H3. The van der Waals surface area contributed by atoms with Gasteiger partial charge in [0.1, 0.15) is 0 Å². The van der Waals surface area contributed by atoms with Crippen LogP contribution < -0.4 is 0 Å². The van der Waals surface area contributed by atoms with Gasteiger partial charge in [0, 0.05) is 10.3 Å². The van der Waals surface area contributed by atoms with Crippen molar-refractivity contribution in [2.24, 2.45) is 0 Å². The van der Waals surface area contributed by atoms with E-state index in [0.29, 0.717) is 0 Å². The number of rotatable bonds is 1. The fourth-order valence-electron chi connectivity index (χ4n) is 1.60. The molecule has 0 N–H and O–H groups in total. The normalized spacial score (nSPS) is 10.7. The Kier molecular flexibility index (Phi) is 2.00. The lowest BCUT2D eigenvalue weighted by Crippen LogP contribution is -1.92. The zero-order chi connectivity index (χ0) is 10.3. The first kappa shape index (κ1) is 9.15. The molecule has 0 aliphatic rings. The molecule has 0 atom stereocenters. The first-order valence-electron chi connectivity index (χ1n) is 4.23. The van der Waals surface area contributed by atoms with Crippen LogP contribution in [0.25, 0.3) is 10.1 Å². The molecule has 4 heteroatoms. The molecule has 1 aromatic heterocycles. The molecular formula is C10H9NO2S. The Hall–Kier alpha value is -1.42. The van der Waals surface area contributed by atoms with Crippen molar-refractivity contribution >= 4 is 27.1 Å². The first-order valence-corrected chi connectivity index (χ1v) is 5.11. The lowest BCUT2D eigenvalue weighted by atomic mass is 10.1. The van der Waals surface area contributed by atoms with Crippen LogP contribution >= 0.6 is 11.3 Å². The number of benzene rings is 1. The monoisotopic (exact) mass is 207 g/mol. The average Bonchev–Trinajstić information content (AvgIpc) is 2.47. The lowest BCUT2D eigenvalue weighted by Gasteiger charge is -1.99. The molecule has 14 heavy (non-hydrogen) atoms. The van der Waals surface area contributed by atoms with Gasteiger partial charge in [0.25, 0.3) is 5.69 Å². The minimum absolute atomic E-state index is 0.251. The number of hydrogen-bond donors (Lipinski definition) is 0. The van der Waals surface area contributed by atoms with Gasteiger partial charge in [0.2, 0.25) is 0 Å². The van der Waals surface area contributed by atoms with Crippen LogP contribution in [0.15, 0.2) is 17.5 Å². The van der Waals surface area contributed by atoms with Crippen LogP contribution in [-0.4, -0.2) is 4.92 Å². The number of aryl methyl sites for hydroxylation is 2. The van der Waals surface area contributed by atoms with Gasteiger partial charge in [-0.1, -0.05) is 6.07 Å². The number of hydrogen-bond acceptors (Lipinski definition) is 3. The quantitative estimate of drug-likeness (QED) is 0.531. The molecule has 0 spiro atoms. The maximum Gasteiger partial charge on any atom is 0.281 e. The topological polar surface area (TPSA) is 43.1 Å². The fourth-order valence-corrected chi connectivity index (χ4v) is 2.55. The van der Waals surface area contributed by atoms with E-state index in [1.54, 1.807) is 24.3 Å². The SMILES string of the molecule is Cc1ccc2scc(C)c2c1[N+](=O)[O-]. The Labute approximate surface area is 85.1 Å². The highest BCUT2D eigenvalue weighted by atomic mass is 32.1. The van der Waals surface area contributed by atoms with Gasteiger partial charge < -0.3 is 0 Å². The molecule has 2 rings (SSSR count). The molecule has 0 amide bonds. The average molecular weight is 207 g/mol. The summed E-state index contributed by atoms with van der Waals surface area (Å²) in [6, 6.07) is 3.74. The molecule has 1 aromatic carbocycles. The van der Waals surface area contributed by atoms with Crippen LogP contribution in [0.5, 0.6) is 0 Å². The van der Waals surface area contributed by atoms with Gasteiger partial charge in [-0.2, -0.15) is 0 Å². The summed E-state index contributed by atoms with van der Waals surface area (Å²) in [5.41, 5.74) is 1.96. The Morgan fingerprint density at radius 1 is 1.29 bits per heavy atom. The summed E-state index contributed by atoms with van der Waals surface area (Å²) in [5, 5.41) is 13.6. The lowest BCUT2D eigenvalue weighted by molar-refractivity contribution is -0.383. The highest BCUT2D eigenvalue weighted by Crippen LogP contribution is 2.35. The number of thiophene rings is 1. The summed E-state index contributed by atoms with van der Waals surface area (Å²) in [7, 11) is 0. The molecular weight excluding hydrogens is 198 g/mol. The second-order valence-corrected chi connectivity index (χ2v) is 4.19. The molecule has 0 radical (unpaired) electrons. The van der Waals surface area contributed by atoms with Crippen LogP contribution in [0.4, 0.5) is 5.69 Å². The number of nitrogens with zero attached hydrogens (tertiary/aromatic N) is 1. The van der Waals surface area contributed by atoms with E-state index in [1.165, 1.54) is 0 Å². The van der Waals surface area contributed by atoms with Gasteiger partial charge in [-0.3, -0.25) is 10.1 Å². The molecule has 0 aliphatic heterocycles. The second-order valence-electron chi connectivity index (χ2n) is 3.28. The van der Waals surface area contributed by atoms with Crippen LogP contribution in [0, 0.1) is 24.0 Å². The number of nitro benzene ring substituents is 1. The zero-order valence-corrected chi connectivity index (χ0v) is 8.72. The Morgan fingerprint density at radius 2 is 2.00 bits per heavy atom. The van der Waals surface area contributed by atoms with Crippen LogP contribution in [-0.2, 0) is 0 Å². The minimum atomic E-state index is -0.294. The Balaban J connectivity index is 2.94. The third kappa shape index (κ3) is 1.19. The number of nitro groups is 1. The van der Waals surface area contributed by atoms with E-state index in [9.17, 15) is 10.1 Å². The van der Waals surface area contributed by atoms with Crippen molar-refractivity contribution in [3.63, 3.8) is 0 Å². The summed E-state index contributed by atoms with van der Waals surface area (Å²) in [6.45, 7) is 3.68. The van der Waals surface area contributed by atoms with E-state index in [0.717, 1.165) is 21.2 Å². The molecule has 0 aliphatic carbocycles. The summed E-state index contributed by atoms with van der Waals surface area (Å²) in [6.07, 6.45) is 0. The van der Waals surface area contributed by atoms with Gasteiger partial charge in [-0.05, 0) is 30.9 Å². The second kappa shape index (κ2) is 3.06. The van der Waals surface area contributed by atoms with Gasteiger partial charge in [-0.15, -0.1) is 11.3 Å². The van der Waals surface area contributed by atoms with Crippen molar-refractivity contribution in [1.29, 1.82) is 0 Å². The van der Waals surface area contributed by atoms with Crippen LogP contribution in [0.2, 0.25) is 0 Å². The molecule has 0 bridgehead atoms. The molecule has 3 nitrogen and oxygen atoms in total. The largest absolute Gasteiger partial charge is 0.281 e. The predicted octanol–water partition coefficient (Wildman–Crippen LogP) is 3.43. The van der Waals surface area contributed by atoms with Crippen LogP contribution in [0.1, 0.15) is 11.1 Å². The summed E-state index contributed by atoms with van der Waals surface area (Å²) >= 11 is 1.55. The van der Waals surface area contributed by atoms with Gasteiger partial charge in [-0.25, -0.2) is 0 Å². The van der Waals surface area contributed by atoms with E-state index in [-0.39, 0.29) is 10.6 Å². The first-order chi connectivity index (χ1) is 6.61. The van der Waals surface area contributed by atoms with E-state index >= 15 is 0 Å². The van der Waals surface area contributed by atoms with Crippen molar-refractivity contribution in [2.75, 3.05) is 0 Å². The van der Waals surface area contributed by atoms with E-state index in [4.69, 9.17) is 0 Å². The molecule has 0 saturated carbocycles. The van der Waals surface area contributed by atoms with E-state index in [2.05, 4.69) is 0 Å². The molecule has 1 heterocycles. The van der Waals surface area contributed by atoms with Crippen molar-refractivity contribution in [1.82, 2.24) is 0 Å². The molecule has 0 saturated heterocycles. The molecule has 0 fully saturated rings. The van der Waals surface area contributed by atoms with Gasteiger partial charge >= 0.3 is 0 Å². The zero-order valence-electron chi connectivity index (χ0n) is 7.90. The third-order valence-electron chi connectivity index (χ3n) is 2.28. The minimum Gasteiger partial charge on any atom is -0.258 e. The predicted molar refractivity (Wildman–Crippen MR) is 58.0 cm³/mol. The van der Waals surface area contributed by atoms with E-state index < -0.39 is 0 Å². The third-order valence-corrected chi connectivity index (χ3v) is 3.35. The van der Waals surface area contributed by atoms with Crippen LogP contribution in [0.3, 0.4) is 0 Å². The van der Waals surface area contributed by atoms with Crippen molar-refractivity contribution in [3.8, 4) is 0 Å². The molecule has 0 unspecified atom stereocenters. The number of fused-ring (bicyclic) bond motifs is 1. The Bertz CT molecular complexity index is 516. The van der Waals surface area contributed by atoms with Crippen molar-refractivity contribution in [2.45, 2.75) is 13.8 Å². The maximum atomic E-state index is 10.9. The molecule has 72 valence electrons. The van der Waals surface area contributed by atoms with E-state index in [1.807, 2.05) is 18.4 Å². The highest BCUT2D eigenvalue weighted by molar-refractivity contribution is 7.17. The summed E-state index contributed by atoms with van der Waals surface area (Å²) < 4.78 is 0.986. The molecule has 2 aromatic rings. The smallest absolute Gasteiger partial charge is 0.258 e.